The molecule has 0 fully saturated rings. The van der Waals surface area contributed by atoms with Crippen molar-refractivity contribution in [3.8, 4) is 11.8 Å². The predicted molar refractivity (Wildman–Crippen MR) is 34.1 cm³/mol. The summed E-state index contributed by atoms with van der Waals surface area (Å²) in [5.74, 6) is 4.01. The minimum Gasteiger partial charge on any atom is -0.289 e. The van der Waals surface area contributed by atoms with Crippen LogP contribution in [0.1, 0.15) is 0 Å². The van der Waals surface area contributed by atoms with Crippen LogP contribution in [0, 0.1) is 11.8 Å². The van der Waals surface area contributed by atoms with E-state index in [0.717, 1.165) is 0 Å². The quantitative estimate of drug-likeness (QED) is 0.307. The van der Waals surface area contributed by atoms with Gasteiger partial charge in [-0.25, -0.2) is 0 Å². The van der Waals surface area contributed by atoms with Crippen molar-refractivity contribution in [2.24, 2.45) is 0 Å². The lowest BCUT2D eigenvalue weighted by atomic mass is 10.6. The Kier molecular flexibility index (Phi) is 3.23. The van der Waals surface area contributed by atoms with Crippen LogP contribution in [-0.4, -0.2) is 10.1 Å². The highest BCUT2D eigenvalue weighted by Crippen LogP contribution is 2.23. The van der Waals surface area contributed by atoms with Gasteiger partial charge in [-0.05, 0) is 11.8 Å². The van der Waals surface area contributed by atoms with E-state index in [1.54, 1.807) is 0 Å². The monoisotopic (exact) mass is 170 g/mol. The maximum absolute atomic E-state index is 9.50. The van der Waals surface area contributed by atoms with Crippen molar-refractivity contribution in [2.75, 3.05) is 0 Å². The van der Waals surface area contributed by atoms with Crippen molar-refractivity contribution >= 4 is 41.1 Å². The van der Waals surface area contributed by atoms with Gasteiger partial charge in [-0.15, -0.1) is 0 Å². The van der Waals surface area contributed by atoms with Crippen molar-refractivity contribution < 1.29 is 4.79 Å². The number of aldehydes is 1. The molecule has 1 nitrogen and oxygen atoms in total. The molecule has 0 amide bonds. The molecule has 0 aromatic heterocycles. The standard InChI is InChI=1S/C4HCl3O/c5-4(6,7)2-1-3-8/h3H. The van der Waals surface area contributed by atoms with Crippen LogP contribution in [0.4, 0.5) is 0 Å². The molecule has 0 radical (unpaired) electrons. The third-order valence-corrected chi connectivity index (χ3v) is 0.556. The van der Waals surface area contributed by atoms with Gasteiger partial charge in [0.05, 0.1) is 0 Å². The summed E-state index contributed by atoms with van der Waals surface area (Å²) in [5, 5.41) is 0. The largest absolute Gasteiger partial charge is 0.289 e. The number of halogens is 3. The Bertz CT molecular complexity index is 136. The molecule has 0 unspecified atom stereocenters. The van der Waals surface area contributed by atoms with Crippen LogP contribution in [0.15, 0.2) is 0 Å². The molecular weight excluding hydrogens is 170 g/mol. The van der Waals surface area contributed by atoms with Crippen molar-refractivity contribution in [1.82, 2.24) is 0 Å². The minimum atomic E-state index is -1.62. The first-order valence-corrected chi connectivity index (χ1v) is 2.73. The third-order valence-electron chi connectivity index (χ3n) is 0.273. The summed E-state index contributed by atoms with van der Waals surface area (Å²) in [7, 11) is 0. The molecule has 0 saturated heterocycles. The second-order valence-electron chi connectivity index (χ2n) is 0.885. The molecule has 0 aliphatic carbocycles. The number of hydrogen-bond acceptors (Lipinski definition) is 1. The molecule has 0 aliphatic heterocycles. The van der Waals surface area contributed by atoms with E-state index in [0.29, 0.717) is 6.29 Å². The van der Waals surface area contributed by atoms with Crippen LogP contribution in [0.2, 0.25) is 0 Å². The highest BCUT2D eigenvalue weighted by molar-refractivity contribution is 6.69. The van der Waals surface area contributed by atoms with E-state index in [9.17, 15) is 4.79 Å². The van der Waals surface area contributed by atoms with Gasteiger partial charge in [-0.3, -0.25) is 4.79 Å². The average molecular weight is 171 g/mol. The zero-order valence-electron chi connectivity index (χ0n) is 3.62. The second kappa shape index (κ2) is 3.19. The molecule has 0 rings (SSSR count). The average Bonchev–Trinajstić information content (AvgIpc) is 1.59. The molecule has 0 aliphatic rings. The van der Waals surface area contributed by atoms with Crippen LogP contribution in [0.5, 0.6) is 0 Å². The molecule has 0 saturated carbocycles. The van der Waals surface area contributed by atoms with E-state index in [-0.39, 0.29) is 0 Å². The predicted octanol–water partition coefficient (Wildman–Crippen LogP) is 1.56. The van der Waals surface area contributed by atoms with Crippen molar-refractivity contribution in [3.05, 3.63) is 0 Å². The number of carbonyl (C=O) groups excluding carboxylic acids is 1. The first-order valence-electron chi connectivity index (χ1n) is 1.59. The smallest absolute Gasteiger partial charge is 0.252 e. The van der Waals surface area contributed by atoms with Gasteiger partial charge < -0.3 is 0 Å². The Hall–Kier alpha value is 0.1000. The van der Waals surface area contributed by atoms with Gasteiger partial charge in [-0.2, -0.15) is 0 Å². The van der Waals surface area contributed by atoms with Gasteiger partial charge in [0, 0.05) is 0 Å². The first-order chi connectivity index (χ1) is 3.56. The second-order valence-corrected chi connectivity index (χ2v) is 3.17. The lowest BCUT2D eigenvalue weighted by Crippen LogP contribution is -1.94. The Balaban J connectivity index is 3.87. The molecule has 0 heterocycles. The van der Waals surface area contributed by atoms with Crippen LogP contribution >= 0.6 is 34.8 Å². The molecule has 8 heavy (non-hydrogen) atoms. The fourth-order valence-electron chi connectivity index (χ4n) is 0.111. The summed E-state index contributed by atoms with van der Waals surface area (Å²) in [5.41, 5.74) is 0. The van der Waals surface area contributed by atoms with Crippen molar-refractivity contribution in [1.29, 1.82) is 0 Å². The zero-order chi connectivity index (χ0) is 6.62. The minimum absolute atomic E-state index is 0.363. The molecule has 4 heteroatoms. The summed E-state index contributed by atoms with van der Waals surface area (Å²) in [4.78, 5) is 9.50. The van der Waals surface area contributed by atoms with Crippen LogP contribution in [0.25, 0.3) is 0 Å². The summed E-state index contributed by atoms with van der Waals surface area (Å²) in [6.07, 6.45) is 0.363. The number of hydrogen-bond donors (Lipinski definition) is 0. The first kappa shape index (κ1) is 8.10. The third kappa shape index (κ3) is 6.10. The van der Waals surface area contributed by atoms with Crippen molar-refractivity contribution in [2.45, 2.75) is 3.79 Å². The van der Waals surface area contributed by atoms with E-state index in [2.05, 4.69) is 0 Å². The fourth-order valence-corrected chi connectivity index (χ4v) is 0.275. The van der Waals surface area contributed by atoms with E-state index in [4.69, 9.17) is 34.8 Å². The van der Waals surface area contributed by atoms with Gasteiger partial charge in [0.25, 0.3) is 3.79 Å². The SMILES string of the molecule is O=CC#CC(Cl)(Cl)Cl. The topological polar surface area (TPSA) is 17.1 Å². The molecular formula is C4HCl3O. The highest BCUT2D eigenvalue weighted by atomic mass is 35.6. The van der Waals surface area contributed by atoms with Crippen LogP contribution < -0.4 is 0 Å². The molecule has 44 valence electrons. The maximum Gasteiger partial charge on any atom is 0.252 e. The lowest BCUT2D eigenvalue weighted by molar-refractivity contribution is -0.103. The van der Waals surface area contributed by atoms with E-state index in [1.807, 2.05) is 11.8 Å². The van der Waals surface area contributed by atoms with Gasteiger partial charge in [0.2, 0.25) is 0 Å². The number of carbonyl (C=O) groups is 1. The summed E-state index contributed by atoms with van der Waals surface area (Å²) >= 11 is 15.3. The molecule has 0 bridgehead atoms. The van der Waals surface area contributed by atoms with E-state index < -0.39 is 3.79 Å². The van der Waals surface area contributed by atoms with E-state index >= 15 is 0 Å². The Morgan fingerprint density at radius 1 is 1.38 bits per heavy atom. The summed E-state index contributed by atoms with van der Waals surface area (Å²) in [6, 6.07) is 0. The molecule has 0 spiro atoms. The molecule has 0 aromatic rings. The van der Waals surface area contributed by atoms with Crippen LogP contribution in [-0.2, 0) is 4.79 Å². The normalized spacial score (nSPS) is 9.38. The summed E-state index contributed by atoms with van der Waals surface area (Å²) < 4.78 is -1.62. The van der Waals surface area contributed by atoms with Gasteiger partial charge >= 0.3 is 0 Å². The van der Waals surface area contributed by atoms with Gasteiger partial charge in [-0.1, -0.05) is 34.8 Å². The summed E-state index contributed by atoms with van der Waals surface area (Å²) in [6.45, 7) is 0. The Labute approximate surface area is 61.9 Å². The van der Waals surface area contributed by atoms with Crippen LogP contribution in [0.3, 0.4) is 0 Å². The van der Waals surface area contributed by atoms with Crippen molar-refractivity contribution in [3.63, 3.8) is 0 Å². The fraction of sp³-hybridized carbons (Fsp3) is 0.250. The molecule has 0 aromatic carbocycles. The maximum atomic E-state index is 9.50. The molecule has 0 atom stereocenters. The van der Waals surface area contributed by atoms with Gasteiger partial charge in [0.1, 0.15) is 0 Å². The Morgan fingerprint density at radius 3 is 2.00 bits per heavy atom. The van der Waals surface area contributed by atoms with Gasteiger partial charge in [0.15, 0.2) is 6.29 Å². The lowest BCUT2D eigenvalue weighted by Gasteiger charge is -1.95. The Morgan fingerprint density at radius 2 is 1.88 bits per heavy atom. The zero-order valence-corrected chi connectivity index (χ0v) is 5.89. The number of rotatable bonds is 0. The highest BCUT2D eigenvalue weighted by Gasteiger charge is 2.13. The molecule has 0 N–H and O–H groups in total. The number of alkyl halides is 3. The van der Waals surface area contributed by atoms with E-state index in [1.165, 1.54) is 0 Å².